The maximum Gasteiger partial charge on any atom is 0.270 e. The van der Waals surface area contributed by atoms with Gasteiger partial charge in [-0.2, -0.15) is 0 Å². The first-order chi connectivity index (χ1) is 13.6. The Bertz CT molecular complexity index is 1000. The number of non-ortho nitro benzene ring substituents is 1. The van der Waals surface area contributed by atoms with Crippen LogP contribution in [0.3, 0.4) is 0 Å². The van der Waals surface area contributed by atoms with Crippen molar-refractivity contribution in [2.45, 2.75) is 25.7 Å². The number of carbonyl (C=O) groups excluding carboxylic acids is 1. The van der Waals surface area contributed by atoms with Crippen LogP contribution in [-0.2, 0) is 0 Å². The third-order valence-electron chi connectivity index (χ3n) is 5.22. The van der Waals surface area contributed by atoms with E-state index < -0.39 is 4.92 Å². The smallest absolute Gasteiger partial charge is 0.270 e. The molecule has 2 aromatic carbocycles. The van der Waals surface area contributed by atoms with Crippen molar-refractivity contribution in [1.29, 1.82) is 0 Å². The average Bonchev–Trinajstić information content (AvgIpc) is 2.93. The van der Waals surface area contributed by atoms with Gasteiger partial charge in [0, 0.05) is 53.7 Å². The fourth-order valence-corrected chi connectivity index (χ4v) is 3.69. The minimum Gasteiger partial charge on any atom is -0.372 e. The van der Waals surface area contributed by atoms with Crippen LogP contribution < -0.4 is 10.2 Å². The molecule has 1 aliphatic heterocycles. The molecular formula is C21H22N4O3. The molecule has 0 aliphatic carbocycles. The predicted molar refractivity (Wildman–Crippen MR) is 110 cm³/mol. The molecule has 0 bridgehead atoms. The maximum absolute atomic E-state index is 12.7. The molecule has 4 rings (SSSR count). The van der Waals surface area contributed by atoms with Gasteiger partial charge in [0.25, 0.3) is 11.6 Å². The molecule has 1 fully saturated rings. The summed E-state index contributed by atoms with van der Waals surface area (Å²) in [5.41, 5.74) is 2.90. The second-order valence-corrected chi connectivity index (χ2v) is 7.09. The number of aromatic nitrogens is 1. The Kier molecular flexibility index (Phi) is 4.97. The van der Waals surface area contributed by atoms with E-state index >= 15 is 0 Å². The SMILES string of the molecule is O=C(Nc1ccc(N2CCCCCC2)cc1)c1c[nH]c2ccc([N+](=O)[O-])cc12. The fourth-order valence-electron chi connectivity index (χ4n) is 3.69. The Balaban J connectivity index is 1.51. The highest BCUT2D eigenvalue weighted by molar-refractivity contribution is 6.13. The van der Waals surface area contributed by atoms with E-state index in [-0.39, 0.29) is 11.6 Å². The van der Waals surface area contributed by atoms with Gasteiger partial charge in [-0.25, -0.2) is 0 Å². The number of amides is 1. The topological polar surface area (TPSA) is 91.3 Å². The number of rotatable bonds is 4. The normalized spacial score (nSPS) is 14.6. The van der Waals surface area contributed by atoms with Crippen molar-refractivity contribution >= 4 is 33.9 Å². The summed E-state index contributed by atoms with van der Waals surface area (Å²) in [5.74, 6) is -0.297. The molecule has 7 nitrogen and oxygen atoms in total. The van der Waals surface area contributed by atoms with E-state index in [0.717, 1.165) is 13.1 Å². The van der Waals surface area contributed by atoms with Gasteiger partial charge >= 0.3 is 0 Å². The summed E-state index contributed by atoms with van der Waals surface area (Å²) in [4.78, 5) is 28.6. The zero-order chi connectivity index (χ0) is 19.5. The molecule has 28 heavy (non-hydrogen) atoms. The van der Waals surface area contributed by atoms with Crippen LogP contribution >= 0.6 is 0 Å². The zero-order valence-electron chi connectivity index (χ0n) is 15.5. The lowest BCUT2D eigenvalue weighted by molar-refractivity contribution is -0.384. The summed E-state index contributed by atoms with van der Waals surface area (Å²) < 4.78 is 0. The Morgan fingerprint density at radius 2 is 1.75 bits per heavy atom. The summed E-state index contributed by atoms with van der Waals surface area (Å²) in [7, 11) is 0. The van der Waals surface area contributed by atoms with Crippen molar-refractivity contribution in [3.63, 3.8) is 0 Å². The summed E-state index contributed by atoms with van der Waals surface area (Å²) in [6, 6.07) is 12.3. The van der Waals surface area contributed by atoms with Gasteiger partial charge in [0.05, 0.1) is 10.5 Å². The predicted octanol–water partition coefficient (Wildman–Crippen LogP) is 4.71. The molecule has 0 radical (unpaired) electrons. The van der Waals surface area contributed by atoms with Crippen molar-refractivity contribution in [2.24, 2.45) is 0 Å². The number of hydrogen-bond acceptors (Lipinski definition) is 4. The maximum atomic E-state index is 12.7. The molecule has 1 aliphatic rings. The van der Waals surface area contributed by atoms with Gasteiger partial charge in [0.15, 0.2) is 0 Å². The summed E-state index contributed by atoms with van der Waals surface area (Å²) in [6.07, 6.45) is 6.58. The number of nitrogens with zero attached hydrogens (tertiary/aromatic N) is 2. The van der Waals surface area contributed by atoms with Gasteiger partial charge < -0.3 is 15.2 Å². The molecule has 144 valence electrons. The Labute approximate surface area is 162 Å². The van der Waals surface area contributed by atoms with E-state index in [2.05, 4.69) is 15.2 Å². The van der Waals surface area contributed by atoms with Crippen LogP contribution in [0, 0.1) is 10.1 Å². The molecule has 0 spiro atoms. The standard InChI is InChI=1S/C21H22N4O3/c26-21(19-14-22-20-10-9-17(25(27)28)13-18(19)20)23-15-5-7-16(8-6-15)24-11-3-1-2-4-12-24/h5-10,13-14,22H,1-4,11-12H2,(H,23,26). The Morgan fingerprint density at radius 1 is 1.04 bits per heavy atom. The quantitative estimate of drug-likeness (QED) is 0.508. The van der Waals surface area contributed by atoms with E-state index in [1.54, 1.807) is 12.3 Å². The largest absolute Gasteiger partial charge is 0.372 e. The molecule has 3 aromatic rings. The molecule has 1 saturated heterocycles. The second kappa shape index (κ2) is 7.72. The summed E-state index contributed by atoms with van der Waals surface area (Å²) >= 11 is 0. The van der Waals surface area contributed by atoms with Crippen molar-refractivity contribution in [2.75, 3.05) is 23.3 Å². The van der Waals surface area contributed by atoms with Crippen LogP contribution in [0.2, 0.25) is 0 Å². The van der Waals surface area contributed by atoms with Crippen LogP contribution in [-0.4, -0.2) is 28.9 Å². The van der Waals surface area contributed by atoms with E-state index in [1.165, 1.54) is 43.5 Å². The molecular weight excluding hydrogens is 356 g/mol. The van der Waals surface area contributed by atoms with E-state index in [4.69, 9.17) is 0 Å². The molecule has 0 saturated carbocycles. The number of nitro groups is 1. The first-order valence-electron chi connectivity index (χ1n) is 9.54. The average molecular weight is 378 g/mol. The lowest BCUT2D eigenvalue weighted by Gasteiger charge is -2.22. The van der Waals surface area contributed by atoms with Gasteiger partial charge in [-0.15, -0.1) is 0 Å². The van der Waals surface area contributed by atoms with Crippen molar-refractivity contribution in [1.82, 2.24) is 4.98 Å². The fraction of sp³-hybridized carbons (Fsp3) is 0.286. The summed E-state index contributed by atoms with van der Waals surface area (Å²) in [6.45, 7) is 2.14. The molecule has 7 heteroatoms. The first kappa shape index (κ1) is 18.0. The summed E-state index contributed by atoms with van der Waals surface area (Å²) in [5, 5.41) is 14.4. The number of benzene rings is 2. The zero-order valence-corrected chi connectivity index (χ0v) is 15.5. The highest BCUT2D eigenvalue weighted by Gasteiger charge is 2.16. The van der Waals surface area contributed by atoms with Gasteiger partial charge in [-0.05, 0) is 43.2 Å². The lowest BCUT2D eigenvalue weighted by atomic mass is 10.1. The number of H-pyrrole nitrogens is 1. The molecule has 0 unspecified atom stereocenters. The van der Waals surface area contributed by atoms with E-state index in [0.29, 0.717) is 22.2 Å². The van der Waals surface area contributed by atoms with Crippen LogP contribution in [0.5, 0.6) is 0 Å². The van der Waals surface area contributed by atoms with Crippen LogP contribution in [0.1, 0.15) is 36.0 Å². The number of aromatic amines is 1. The van der Waals surface area contributed by atoms with Crippen LogP contribution in [0.15, 0.2) is 48.7 Å². The molecule has 1 aromatic heterocycles. The van der Waals surface area contributed by atoms with E-state index in [1.807, 2.05) is 24.3 Å². The number of anilines is 2. The third kappa shape index (κ3) is 3.69. The number of carbonyl (C=O) groups is 1. The number of nitrogens with one attached hydrogen (secondary N) is 2. The van der Waals surface area contributed by atoms with Gasteiger partial charge in [0.1, 0.15) is 0 Å². The van der Waals surface area contributed by atoms with E-state index in [9.17, 15) is 14.9 Å². The third-order valence-corrected chi connectivity index (χ3v) is 5.22. The monoisotopic (exact) mass is 378 g/mol. The van der Waals surface area contributed by atoms with Crippen molar-refractivity contribution < 1.29 is 9.72 Å². The molecule has 2 heterocycles. The minimum atomic E-state index is -0.463. The molecule has 2 N–H and O–H groups in total. The first-order valence-corrected chi connectivity index (χ1v) is 9.54. The highest BCUT2D eigenvalue weighted by Crippen LogP contribution is 2.25. The second-order valence-electron chi connectivity index (χ2n) is 7.09. The van der Waals surface area contributed by atoms with Gasteiger partial charge in [-0.3, -0.25) is 14.9 Å². The number of nitro benzene ring substituents is 1. The molecule has 0 atom stereocenters. The van der Waals surface area contributed by atoms with Gasteiger partial charge in [0.2, 0.25) is 0 Å². The minimum absolute atomic E-state index is 0.0389. The highest BCUT2D eigenvalue weighted by atomic mass is 16.6. The van der Waals surface area contributed by atoms with Crippen molar-refractivity contribution in [3.8, 4) is 0 Å². The van der Waals surface area contributed by atoms with Crippen LogP contribution in [0.25, 0.3) is 10.9 Å². The number of fused-ring (bicyclic) bond motifs is 1. The van der Waals surface area contributed by atoms with Gasteiger partial charge in [-0.1, -0.05) is 12.8 Å². The lowest BCUT2D eigenvalue weighted by Crippen LogP contribution is -2.23. The Hall–Kier alpha value is -3.35. The Morgan fingerprint density at radius 3 is 2.43 bits per heavy atom. The van der Waals surface area contributed by atoms with Crippen molar-refractivity contribution in [3.05, 3.63) is 64.3 Å². The van der Waals surface area contributed by atoms with Crippen LogP contribution in [0.4, 0.5) is 17.1 Å². The number of hydrogen-bond donors (Lipinski definition) is 2. The molecule has 1 amide bonds.